The molecule has 0 aliphatic heterocycles. The molecule has 0 atom stereocenters. The highest BCUT2D eigenvalue weighted by atomic mass is 32.1. The molecule has 0 aliphatic carbocycles. The summed E-state index contributed by atoms with van der Waals surface area (Å²) in [6, 6.07) is 10.9. The molecular weight excluding hydrogens is 220 g/mol. The van der Waals surface area contributed by atoms with E-state index in [9.17, 15) is 4.79 Å². The fourth-order valence-electron chi connectivity index (χ4n) is 1.36. The van der Waals surface area contributed by atoms with Crippen LogP contribution in [0.2, 0.25) is 0 Å². The lowest BCUT2D eigenvalue weighted by molar-refractivity contribution is 0.0951. The van der Waals surface area contributed by atoms with Gasteiger partial charge in [0.25, 0.3) is 5.91 Å². The molecule has 0 fully saturated rings. The standard InChI is InChI=1S/C12H12N2OS/c13-10-4-1-3-9(7-10)12(15)14-8-11-5-2-6-16-11/h1-7H,8,13H2,(H,14,15). The molecule has 0 spiro atoms. The van der Waals surface area contributed by atoms with Crippen LogP contribution in [0.4, 0.5) is 5.69 Å². The number of amides is 1. The highest BCUT2D eigenvalue weighted by Gasteiger charge is 2.05. The minimum atomic E-state index is -0.0966. The maximum Gasteiger partial charge on any atom is 0.251 e. The maximum absolute atomic E-state index is 11.7. The number of hydrogen-bond donors (Lipinski definition) is 2. The smallest absolute Gasteiger partial charge is 0.251 e. The first-order valence-corrected chi connectivity index (χ1v) is 5.80. The van der Waals surface area contributed by atoms with E-state index in [1.165, 1.54) is 0 Å². The number of benzene rings is 1. The highest BCUT2D eigenvalue weighted by Crippen LogP contribution is 2.09. The van der Waals surface area contributed by atoms with Crippen molar-refractivity contribution >= 4 is 22.9 Å². The number of nitrogens with two attached hydrogens (primary N) is 1. The fraction of sp³-hybridized carbons (Fsp3) is 0.0833. The van der Waals surface area contributed by atoms with Crippen molar-refractivity contribution in [2.45, 2.75) is 6.54 Å². The van der Waals surface area contributed by atoms with E-state index in [1.54, 1.807) is 35.6 Å². The van der Waals surface area contributed by atoms with Crippen LogP contribution < -0.4 is 11.1 Å². The Labute approximate surface area is 97.9 Å². The van der Waals surface area contributed by atoms with Crippen LogP contribution in [-0.4, -0.2) is 5.91 Å². The predicted molar refractivity (Wildman–Crippen MR) is 66.3 cm³/mol. The lowest BCUT2D eigenvalue weighted by Crippen LogP contribution is -2.22. The number of hydrogen-bond acceptors (Lipinski definition) is 3. The fourth-order valence-corrected chi connectivity index (χ4v) is 2.01. The number of nitrogens with one attached hydrogen (secondary N) is 1. The molecule has 0 radical (unpaired) electrons. The second kappa shape index (κ2) is 4.81. The second-order valence-corrected chi connectivity index (χ2v) is 4.42. The largest absolute Gasteiger partial charge is 0.399 e. The summed E-state index contributed by atoms with van der Waals surface area (Å²) in [4.78, 5) is 12.9. The van der Waals surface area contributed by atoms with Gasteiger partial charge in [0.15, 0.2) is 0 Å². The van der Waals surface area contributed by atoms with Gasteiger partial charge < -0.3 is 11.1 Å². The number of nitrogen functional groups attached to an aromatic ring is 1. The van der Waals surface area contributed by atoms with Crippen molar-refractivity contribution in [3.8, 4) is 0 Å². The Morgan fingerprint density at radius 3 is 2.88 bits per heavy atom. The van der Waals surface area contributed by atoms with Gasteiger partial charge in [-0.3, -0.25) is 4.79 Å². The van der Waals surface area contributed by atoms with Gasteiger partial charge in [0.1, 0.15) is 0 Å². The molecule has 1 aromatic carbocycles. The first kappa shape index (κ1) is 10.7. The van der Waals surface area contributed by atoms with Crippen molar-refractivity contribution in [2.24, 2.45) is 0 Å². The van der Waals surface area contributed by atoms with Crippen molar-refractivity contribution in [1.82, 2.24) is 5.32 Å². The minimum Gasteiger partial charge on any atom is -0.399 e. The van der Waals surface area contributed by atoms with Gasteiger partial charge >= 0.3 is 0 Å². The normalized spacial score (nSPS) is 10.0. The van der Waals surface area contributed by atoms with Gasteiger partial charge in [0.2, 0.25) is 0 Å². The lowest BCUT2D eigenvalue weighted by Gasteiger charge is -2.04. The van der Waals surface area contributed by atoms with Crippen molar-refractivity contribution in [3.05, 3.63) is 52.2 Å². The van der Waals surface area contributed by atoms with E-state index < -0.39 is 0 Å². The van der Waals surface area contributed by atoms with Gasteiger partial charge in [-0.25, -0.2) is 0 Å². The van der Waals surface area contributed by atoms with Crippen molar-refractivity contribution < 1.29 is 4.79 Å². The van der Waals surface area contributed by atoms with Crippen molar-refractivity contribution in [3.63, 3.8) is 0 Å². The molecule has 2 aromatic rings. The summed E-state index contributed by atoms with van der Waals surface area (Å²) < 4.78 is 0. The molecule has 3 nitrogen and oxygen atoms in total. The molecule has 82 valence electrons. The van der Waals surface area contributed by atoms with Crippen LogP contribution in [0.15, 0.2) is 41.8 Å². The van der Waals surface area contributed by atoms with Gasteiger partial charge in [-0.1, -0.05) is 12.1 Å². The quantitative estimate of drug-likeness (QED) is 0.797. The monoisotopic (exact) mass is 232 g/mol. The molecule has 3 N–H and O–H groups in total. The number of thiophene rings is 1. The summed E-state index contributed by atoms with van der Waals surface area (Å²) in [5, 5.41) is 4.83. The van der Waals surface area contributed by atoms with Crippen LogP contribution in [0.1, 0.15) is 15.2 Å². The van der Waals surface area contributed by atoms with E-state index in [0.717, 1.165) is 4.88 Å². The molecule has 1 amide bonds. The molecule has 2 rings (SSSR count). The van der Waals surface area contributed by atoms with Gasteiger partial charge in [-0.05, 0) is 29.6 Å². The Hall–Kier alpha value is -1.81. The molecule has 0 saturated carbocycles. The number of carbonyl (C=O) groups excluding carboxylic acids is 1. The minimum absolute atomic E-state index is 0.0966. The molecule has 4 heteroatoms. The van der Waals surface area contributed by atoms with Gasteiger partial charge in [0, 0.05) is 16.1 Å². The molecule has 0 bridgehead atoms. The zero-order valence-corrected chi connectivity index (χ0v) is 9.46. The summed E-state index contributed by atoms with van der Waals surface area (Å²) in [6.45, 7) is 0.561. The summed E-state index contributed by atoms with van der Waals surface area (Å²) in [7, 11) is 0. The average Bonchev–Trinajstić information content (AvgIpc) is 2.78. The van der Waals surface area contributed by atoms with Crippen LogP contribution in [0.3, 0.4) is 0 Å². The van der Waals surface area contributed by atoms with Crippen molar-refractivity contribution in [1.29, 1.82) is 0 Å². The van der Waals surface area contributed by atoms with Crippen LogP contribution in [-0.2, 0) is 6.54 Å². The Morgan fingerprint density at radius 2 is 2.19 bits per heavy atom. The Kier molecular flexibility index (Phi) is 3.22. The summed E-state index contributed by atoms with van der Waals surface area (Å²) in [5.74, 6) is -0.0966. The number of anilines is 1. The molecule has 1 aromatic heterocycles. The summed E-state index contributed by atoms with van der Waals surface area (Å²) in [5.41, 5.74) is 6.80. The third-order valence-corrected chi connectivity index (χ3v) is 3.03. The van der Waals surface area contributed by atoms with E-state index in [1.807, 2.05) is 17.5 Å². The zero-order chi connectivity index (χ0) is 11.4. The third kappa shape index (κ3) is 2.61. The van der Waals surface area contributed by atoms with Crippen molar-refractivity contribution in [2.75, 3.05) is 5.73 Å². The maximum atomic E-state index is 11.7. The second-order valence-electron chi connectivity index (χ2n) is 3.39. The first-order valence-electron chi connectivity index (χ1n) is 4.92. The molecule has 0 saturated heterocycles. The average molecular weight is 232 g/mol. The van der Waals surface area contributed by atoms with E-state index in [0.29, 0.717) is 17.8 Å². The van der Waals surface area contributed by atoms with E-state index in [4.69, 9.17) is 5.73 Å². The third-order valence-electron chi connectivity index (χ3n) is 2.15. The number of carbonyl (C=O) groups is 1. The van der Waals surface area contributed by atoms with Crippen LogP contribution in [0.5, 0.6) is 0 Å². The summed E-state index contributed by atoms with van der Waals surface area (Å²) >= 11 is 1.62. The Morgan fingerprint density at radius 1 is 1.31 bits per heavy atom. The first-order chi connectivity index (χ1) is 7.75. The topological polar surface area (TPSA) is 55.1 Å². The zero-order valence-electron chi connectivity index (χ0n) is 8.64. The molecule has 0 unspecified atom stereocenters. The van der Waals surface area contributed by atoms with Crippen LogP contribution in [0.25, 0.3) is 0 Å². The Bertz CT molecular complexity index is 480. The Balaban J connectivity index is 1.98. The molecular formula is C12H12N2OS. The van der Waals surface area contributed by atoms with E-state index in [2.05, 4.69) is 5.32 Å². The highest BCUT2D eigenvalue weighted by molar-refractivity contribution is 7.09. The van der Waals surface area contributed by atoms with E-state index >= 15 is 0 Å². The molecule has 0 aliphatic rings. The summed E-state index contributed by atoms with van der Waals surface area (Å²) in [6.07, 6.45) is 0. The lowest BCUT2D eigenvalue weighted by atomic mass is 10.2. The van der Waals surface area contributed by atoms with Crippen LogP contribution >= 0.6 is 11.3 Å². The van der Waals surface area contributed by atoms with Gasteiger partial charge in [0.05, 0.1) is 6.54 Å². The SMILES string of the molecule is Nc1cccc(C(=O)NCc2cccs2)c1. The predicted octanol–water partition coefficient (Wildman–Crippen LogP) is 2.26. The van der Waals surface area contributed by atoms with Gasteiger partial charge in [-0.2, -0.15) is 0 Å². The number of rotatable bonds is 3. The molecule has 16 heavy (non-hydrogen) atoms. The van der Waals surface area contributed by atoms with E-state index in [-0.39, 0.29) is 5.91 Å². The molecule has 1 heterocycles. The van der Waals surface area contributed by atoms with Crippen LogP contribution in [0, 0.1) is 0 Å². The van der Waals surface area contributed by atoms with Gasteiger partial charge in [-0.15, -0.1) is 11.3 Å².